The Labute approximate surface area is 185 Å². The van der Waals surface area contributed by atoms with E-state index in [1.54, 1.807) is 22.9 Å². The minimum atomic E-state index is -0.489. The first kappa shape index (κ1) is 21.0. The van der Waals surface area contributed by atoms with Crippen LogP contribution < -0.4 is 10.7 Å². The molecule has 0 aliphatic rings. The number of para-hydroxylation sites is 1. The summed E-state index contributed by atoms with van der Waals surface area (Å²) < 4.78 is 17.2. The van der Waals surface area contributed by atoms with E-state index in [0.29, 0.717) is 27.7 Å². The van der Waals surface area contributed by atoms with E-state index in [0.717, 1.165) is 11.4 Å². The van der Waals surface area contributed by atoms with Crippen molar-refractivity contribution < 1.29 is 9.18 Å². The lowest BCUT2D eigenvalue weighted by molar-refractivity contribution is -0.115. The van der Waals surface area contributed by atoms with Gasteiger partial charge in [-0.05, 0) is 32.0 Å². The molecule has 1 aromatic carbocycles. The Hall–Kier alpha value is -3.25. The lowest BCUT2D eigenvalue weighted by atomic mass is 10.3. The predicted octanol–water partition coefficient (Wildman–Crippen LogP) is 3.37. The smallest absolute Gasteiger partial charge is 0.271 e. The van der Waals surface area contributed by atoms with Gasteiger partial charge in [-0.25, -0.2) is 18.7 Å². The van der Waals surface area contributed by atoms with Crippen LogP contribution in [0.15, 0.2) is 40.9 Å². The molecule has 0 aliphatic heterocycles. The summed E-state index contributed by atoms with van der Waals surface area (Å²) in [7, 11) is 0. The van der Waals surface area contributed by atoms with Crippen LogP contribution in [0.1, 0.15) is 24.0 Å². The van der Waals surface area contributed by atoms with Gasteiger partial charge in [0, 0.05) is 23.8 Å². The topological polar surface area (TPSA) is 108 Å². The molecule has 1 amide bonds. The molecular formula is C19H19FN8OS2. The number of nitrogen functional groups attached to an aromatic ring is 1. The lowest BCUT2D eigenvalue weighted by Gasteiger charge is -2.18. The summed E-state index contributed by atoms with van der Waals surface area (Å²) in [4.78, 5) is 17.9. The van der Waals surface area contributed by atoms with Gasteiger partial charge in [-0.1, -0.05) is 23.9 Å². The van der Waals surface area contributed by atoms with Crippen molar-refractivity contribution in [2.24, 2.45) is 0 Å². The second-order valence-corrected chi connectivity index (χ2v) is 8.49. The Kier molecular flexibility index (Phi) is 5.74. The normalized spacial score (nSPS) is 11.1. The van der Waals surface area contributed by atoms with E-state index in [1.807, 2.05) is 25.3 Å². The Bertz CT molecular complexity index is 1250. The van der Waals surface area contributed by atoms with Gasteiger partial charge in [0.15, 0.2) is 5.13 Å². The fourth-order valence-electron chi connectivity index (χ4n) is 2.99. The Morgan fingerprint density at radius 2 is 2.06 bits per heavy atom. The molecule has 0 radical (unpaired) electrons. The van der Waals surface area contributed by atoms with Crippen LogP contribution in [0.5, 0.6) is 0 Å². The zero-order valence-corrected chi connectivity index (χ0v) is 18.6. The van der Waals surface area contributed by atoms with E-state index in [2.05, 4.69) is 20.3 Å². The summed E-state index contributed by atoms with van der Waals surface area (Å²) in [6.45, 7) is 5.18. The Balaban J connectivity index is 1.52. The molecule has 0 saturated heterocycles. The number of benzene rings is 1. The van der Waals surface area contributed by atoms with Gasteiger partial charge >= 0.3 is 0 Å². The molecule has 4 rings (SSSR count). The van der Waals surface area contributed by atoms with Gasteiger partial charge in [0.1, 0.15) is 5.82 Å². The van der Waals surface area contributed by atoms with Crippen LogP contribution in [0.3, 0.4) is 0 Å². The Morgan fingerprint density at radius 3 is 2.74 bits per heavy atom. The molecule has 0 bridgehead atoms. The summed E-state index contributed by atoms with van der Waals surface area (Å²) in [5.41, 5.74) is 2.63. The molecule has 2 N–H and O–H groups in total. The number of halogens is 1. The van der Waals surface area contributed by atoms with Gasteiger partial charge in [0.25, 0.3) is 5.95 Å². The standard InChI is InChI=1S/C19H19FN8OS2/c1-11-8-12(2)28(25-11)17-23-24-19(27(17)21)31-10-14-9-30-18(22-14)26(13(3)29)16-7-5-4-6-15(16)20/h4-9H,10,21H2,1-3H3. The number of aromatic nitrogens is 6. The van der Waals surface area contributed by atoms with Crippen LogP contribution in [0.25, 0.3) is 5.95 Å². The maximum absolute atomic E-state index is 14.2. The summed E-state index contributed by atoms with van der Waals surface area (Å²) in [5, 5.41) is 15.4. The highest BCUT2D eigenvalue weighted by Gasteiger charge is 2.21. The van der Waals surface area contributed by atoms with Crippen molar-refractivity contribution >= 4 is 39.8 Å². The third-order valence-corrected chi connectivity index (χ3v) is 6.19. The second-order valence-electron chi connectivity index (χ2n) is 6.71. The molecule has 0 saturated carbocycles. The van der Waals surface area contributed by atoms with Gasteiger partial charge in [-0.2, -0.15) is 5.10 Å². The fourth-order valence-corrected chi connectivity index (χ4v) is 4.72. The van der Waals surface area contributed by atoms with Gasteiger partial charge in [-0.15, -0.1) is 21.5 Å². The number of nitrogens with zero attached hydrogens (tertiary/aromatic N) is 7. The highest BCUT2D eigenvalue weighted by atomic mass is 32.2. The van der Waals surface area contributed by atoms with Crippen LogP contribution in [0, 0.1) is 19.7 Å². The lowest BCUT2D eigenvalue weighted by Crippen LogP contribution is -2.23. The number of thioether (sulfide) groups is 1. The molecular weight excluding hydrogens is 439 g/mol. The highest BCUT2D eigenvalue weighted by Crippen LogP contribution is 2.32. The molecule has 9 nitrogen and oxygen atoms in total. The number of thiazole rings is 1. The maximum atomic E-state index is 14.2. The van der Waals surface area contributed by atoms with Crippen molar-refractivity contribution in [1.29, 1.82) is 0 Å². The van der Waals surface area contributed by atoms with Crippen LogP contribution in [-0.2, 0) is 10.5 Å². The van der Waals surface area contributed by atoms with E-state index in [-0.39, 0.29) is 11.6 Å². The number of hydrogen-bond acceptors (Lipinski definition) is 8. The maximum Gasteiger partial charge on any atom is 0.271 e. The van der Waals surface area contributed by atoms with E-state index in [1.165, 1.54) is 45.7 Å². The van der Waals surface area contributed by atoms with E-state index >= 15 is 0 Å². The van der Waals surface area contributed by atoms with Gasteiger partial charge < -0.3 is 5.84 Å². The minimum Gasteiger partial charge on any atom is -0.334 e. The molecule has 4 aromatic rings. The van der Waals surface area contributed by atoms with E-state index in [4.69, 9.17) is 5.84 Å². The predicted molar refractivity (Wildman–Crippen MR) is 118 cm³/mol. The fraction of sp³-hybridized carbons (Fsp3) is 0.211. The number of amides is 1. The van der Waals surface area contributed by atoms with Gasteiger partial charge in [-0.3, -0.25) is 9.69 Å². The molecule has 160 valence electrons. The monoisotopic (exact) mass is 458 g/mol. The minimum absolute atomic E-state index is 0.166. The zero-order valence-electron chi connectivity index (χ0n) is 17.0. The van der Waals surface area contributed by atoms with Crippen molar-refractivity contribution in [2.75, 3.05) is 10.7 Å². The average molecular weight is 459 g/mol. The molecule has 12 heteroatoms. The number of hydrogen-bond donors (Lipinski definition) is 1. The summed E-state index contributed by atoms with van der Waals surface area (Å²) >= 11 is 2.61. The summed E-state index contributed by atoms with van der Waals surface area (Å²) in [5.74, 6) is 6.21. The summed E-state index contributed by atoms with van der Waals surface area (Å²) in [6.07, 6.45) is 0. The number of anilines is 2. The molecule has 31 heavy (non-hydrogen) atoms. The van der Waals surface area contributed by atoms with Crippen LogP contribution in [0.2, 0.25) is 0 Å². The van der Waals surface area contributed by atoms with Crippen molar-refractivity contribution in [3.05, 3.63) is 58.6 Å². The number of carbonyl (C=O) groups is 1. The summed E-state index contributed by atoms with van der Waals surface area (Å²) in [6, 6.07) is 8.03. The first-order valence-electron chi connectivity index (χ1n) is 9.21. The molecule has 0 fully saturated rings. The molecule has 3 aromatic heterocycles. The number of nitrogens with two attached hydrogens (primary N) is 1. The average Bonchev–Trinajstić information content (AvgIpc) is 3.41. The quantitative estimate of drug-likeness (QED) is 0.349. The SMILES string of the molecule is CC(=O)N(c1nc(CSc2nnc(-n3nc(C)cc3C)n2N)cs1)c1ccccc1F. The Morgan fingerprint density at radius 1 is 1.29 bits per heavy atom. The van der Waals surface area contributed by atoms with Gasteiger partial charge in [0.05, 0.1) is 17.1 Å². The van der Waals surface area contributed by atoms with Crippen molar-refractivity contribution in [1.82, 2.24) is 29.6 Å². The third-order valence-electron chi connectivity index (χ3n) is 4.33. The first-order valence-corrected chi connectivity index (χ1v) is 11.1. The third kappa shape index (κ3) is 4.16. The van der Waals surface area contributed by atoms with E-state index in [9.17, 15) is 9.18 Å². The van der Waals surface area contributed by atoms with E-state index < -0.39 is 5.82 Å². The molecule has 0 aliphatic carbocycles. The molecule has 0 spiro atoms. The van der Waals surface area contributed by atoms with Crippen LogP contribution in [-0.4, -0.2) is 35.5 Å². The highest BCUT2D eigenvalue weighted by molar-refractivity contribution is 7.98. The van der Waals surface area contributed by atoms with Gasteiger partial charge in [0.2, 0.25) is 11.1 Å². The van der Waals surface area contributed by atoms with Crippen molar-refractivity contribution in [2.45, 2.75) is 31.7 Å². The zero-order chi connectivity index (χ0) is 22.1. The van der Waals surface area contributed by atoms with Crippen molar-refractivity contribution in [3.8, 4) is 5.95 Å². The number of carbonyl (C=O) groups excluding carboxylic acids is 1. The molecule has 0 atom stereocenters. The van der Waals surface area contributed by atoms with Crippen LogP contribution >= 0.6 is 23.1 Å². The van der Waals surface area contributed by atoms with Crippen molar-refractivity contribution in [3.63, 3.8) is 0 Å². The largest absolute Gasteiger partial charge is 0.334 e. The molecule has 3 heterocycles. The molecule has 0 unspecified atom stereocenters. The first-order chi connectivity index (χ1) is 14.8. The number of rotatable bonds is 6. The van der Waals surface area contributed by atoms with Crippen LogP contribution in [0.4, 0.5) is 15.2 Å². The number of aryl methyl sites for hydroxylation is 2. The second kappa shape index (κ2) is 8.47.